The average molecular weight is 282 g/mol. The SMILES string of the molecule is COc1ccc(C(N)c2cc(Cl)cnc2N)c(F)c1. The van der Waals surface area contributed by atoms with Crippen molar-refractivity contribution in [2.45, 2.75) is 6.04 Å². The Morgan fingerprint density at radius 1 is 1.32 bits per heavy atom. The molecule has 2 aromatic rings. The van der Waals surface area contributed by atoms with Gasteiger partial charge < -0.3 is 16.2 Å². The smallest absolute Gasteiger partial charge is 0.132 e. The maximum atomic E-state index is 14.0. The molecule has 1 atom stereocenters. The fourth-order valence-corrected chi connectivity index (χ4v) is 1.94. The van der Waals surface area contributed by atoms with E-state index in [0.29, 0.717) is 21.9 Å². The Morgan fingerprint density at radius 2 is 2.05 bits per heavy atom. The third-order valence-corrected chi connectivity index (χ3v) is 3.00. The number of methoxy groups -OCH3 is 1. The van der Waals surface area contributed by atoms with Crippen LogP contribution in [-0.4, -0.2) is 12.1 Å². The molecule has 1 unspecified atom stereocenters. The number of halogens is 2. The standard InChI is InChI=1S/C13H13ClFN3O/c1-19-8-2-3-9(11(15)5-8)12(16)10-4-7(14)6-18-13(10)17/h2-6,12H,16H2,1H3,(H2,17,18). The third kappa shape index (κ3) is 2.77. The van der Waals surface area contributed by atoms with E-state index in [1.807, 2.05) is 0 Å². The molecule has 19 heavy (non-hydrogen) atoms. The van der Waals surface area contributed by atoms with Gasteiger partial charge in [0.05, 0.1) is 18.2 Å². The van der Waals surface area contributed by atoms with Gasteiger partial charge in [0.1, 0.15) is 17.4 Å². The Hall–Kier alpha value is -1.85. The zero-order valence-corrected chi connectivity index (χ0v) is 11.0. The van der Waals surface area contributed by atoms with Gasteiger partial charge in [-0.1, -0.05) is 17.7 Å². The molecule has 4 N–H and O–H groups in total. The van der Waals surface area contributed by atoms with Crippen LogP contribution in [-0.2, 0) is 0 Å². The van der Waals surface area contributed by atoms with Crippen molar-refractivity contribution in [1.82, 2.24) is 4.98 Å². The highest BCUT2D eigenvalue weighted by atomic mass is 35.5. The molecule has 0 radical (unpaired) electrons. The number of anilines is 1. The molecule has 0 saturated carbocycles. The van der Waals surface area contributed by atoms with Crippen molar-refractivity contribution in [3.63, 3.8) is 0 Å². The molecule has 1 aromatic carbocycles. The minimum Gasteiger partial charge on any atom is -0.497 e. The van der Waals surface area contributed by atoms with Crippen LogP contribution in [0.4, 0.5) is 10.2 Å². The number of pyridine rings is 1. The second-order valence-corrected chi connectivity index (χ2v) is 4.43. The van der Waals surface area contributed by atoms with Gasteiger partial charge in [-0.05, 0) is 12.1 Å². The first-order chi connectivity index (χ1) is 9.02. The van der Waals surface area contributed by atoms with Crippen LogP contribution in [0.2, 0.25) is 5.02 Å². The highest BCUT2D eigenvalue weighted by Crippen LogP contribution is 2.29. The van der Waals surface area contributed by atoms with E-state index in [9.17, 15) is 4.39 Å². The molecule has 0 aliphatic carbocycles. The lowest BCUT2D eigenvalue weighted by molar-refractivity contribution is 0.410. The molecular weight excluding hydrogens is 269 g/mol. The molecule has 4 nitrogen and oxygen atoms in total. The van der Waals surface area contributed by atoms with Gasteiger partial charge in [-0.2, -0.15) is 0 Å². The minimum absolute atomic E-state index is 0.229. The van der Waals surface area contributed by atoms with Crippen molar-refractivity contribution in [3.8, 4) is 5.75 Å². The quantitative estimate of drug-likeness (QED) is 0.906. The van der Waals surface area contributed by atoms with E-state index in [4.69, 9.17) is 27.8 Å². The highest BCUT2D eigenvalue weighted by molar-refractivity contribution is 6.30. The summed E-state index contributed by atoms with van der Waals surface area (Å²) in [7, 11) is 1.47. The largest absolute Gasteiger partial charge is 0.497 e. The molecule has 0 amide bonds. The van der Waals surface area contributed by atoms with E-state index in [0.717, 1.165) is 0 Å². The molecule has 1 aromatic heterocycles. The Kier molecular flexibility index (Phi) is 3.87. The van der Waals surface area contributed by atoms with Gasteiger partial charge in [0.15, 0.2) is 0 Å². The topological polar surface area (TPSA) is 74.2 Å². The number of nitrogens with two attached hydrogens (primary N) is 2. The first-order valence-electron chi connectivity index (χ1n) is 5.53. The number of hydrogen-bond acceptors (Lipinski definition) is 4. The lowest BCUT2D eigenvalue weighted by atomic mass is 9.99. The third-order valence-electron chi connectivity index (χ3n) is 2.79. The molecule has 0 spiro atoms. The summed E-state index contributed by atoms with van der Waals surface area (Å²) in [5.74, 6) is 0.184. The van der Waals surface area contributed by atoms with Crippen LogP contribution < -0.4 is 16.2 Å². The molecule has 100 valence electrons. The summed E-state index contributed by atoms with van der Waals surface area (Å²) in [5, 5.41) is 0.397. The van der Waals surface area contributed by atoms with Crippen molar-refractivity contribution < 1.29 is 9.13 Å². The zero-order chi connectivity index (χ0) is 14.0. The lowest BCUT2D eigenvalue weighted by Gasteiger charge is -2.15. The van der Waals surface area contributed by atoms with Gasteiger partial charge in [-0.15, -0.1) is 0 Å². The predicted octanol–water partition coefficient (Wildman–Crippen LogP) is 2.51. The van der Waals surface area contributed by atoms with Crippen LogP contribution in [0, 0.1) is 5.82 Å². The molecule has 0 bridgehead atoms. The van der Waals surface area contributed by atoms with Crippen LogP contribution >= 0.6 is 11.6 Å². The van der Waals surface area contributed by atoms with E-state index in [2.05, 4.69) is 4.98 Å². The first-order valence-corrected chi connectivity index (χ1v) is 5.90. The number of hydrogen-bond donors (Lipinski definition) is 2. The lowest BCUT2D eigenvalue weighted by Crippen LogP contribution is -2.16. The van der Waals surface area contributed by atoms with Gasteiger partial charge in [0.25, 0.3) is 0 Å². The van der Waals surface area contributed by atoms with Crippen molar-refractivity contribution in [2.75, 3.05) is 12.8 Å². The van der Waals surface area contributed by atoms with Crippen LogP contribution in [0.15, 0.2) is 30.5 Å². The van der Waals surface area contributed by atoms with E-state index >= 15 is 0 Å². The summed E-state index contributed by atoms with van der Waals surface area (Å²) in [6.45, 7) is 0. The second-order valence-electron chi connectivity index (χ2n) is 3.99. The maximum Gasteiger partial charge on any atom is 0.132 e. The van der Waals surface area contributed by atoms with Gasteiger partial charge in [0.2, 0.25) is 0 Å². The van der Waals surface area contributed by atoms with Gasteiger partial charge in [-0.3, -0.25) is 0 Å². The molecule has 6 heteroatoms. The number of ether oxygens (including phenoxy) is 1. The highest BCUT2D eigenvalue weighted by Gasteiger charge is 2.17. The Balaban J connectivity index is 2.43. The van der Waals surface area contributed by atoms with Crippen LogP contribution in [0.1, 0.15) is 17.2 Å². The maximum absolute atomic E-state index is 14.0. The van der Waals surface area contributed by atoms with Gasteiger partial charge in [-0.25, -0.2) is 9.37 Å². The van der Waals surface area contributed by atoms with Gasteiger partial charge in [0, 0.05) is 23.4 Å². The Bertz CT molecular complexity index is 606. The molecule has 0 aliphatic rings. The van der Waals surface area contributed by atoms with E-state index in [-0.39, 0.29) is 5.82 Å². The summed E-state index contributed by atoms with van der Waals surface area (Å²) >= 11 is 5.85. The van der Waals surface area contributed by atoms with Gasteiger partial charge >= 0.3 is 0 Å². The molecule has 0 saturated heterocycles. The number of nitrogens with zero attached hydrogens (tertiary/aromatic N) is 1. The summed E-state index contributed by atoms with van der Waals surface area (Å²) in [5.41, 5.74) is 12.5. The Morgan fingerprint density at radius 3 is 2.68 bits per heavy atom. The monoisotopic (exact) mass is 281 g/mol. The normalized spacial score (nSPS) is 12.2. The number of aromatic nitrogens is 1. The molecule has 2 rings (SSSR count). The van der Waals surface area contributed by atoms with E-state index in [1.54, 1.807) is 18.2 Å². The van der Waals surface area contributed by atoms with Crippen molar-refractivity contribution in [1.29, 1.82) is 0 Å². The average Bonchev–Trinajstić information content (AvgIpc) is 2.40. The van der Waals surface area contributed by atoms with Crippen molar-refractivity contribution in [3.05, 3.63) is 52.4 Å². The summed E-state index contributed by atoms with van der Waals surface area (Å²) < 4.78 is 18.9. The van der Waals surface area contributed by atoms with Crippen molar-refractivity contribution >= 4 is 17.4 Å². The number of nitrogen functional groups attached to an aromatic ring is 1. The summed E-state index contributed by atoms with van der Waals surface area (Å²) in [6.07, 6.45) is 1.41. The number of rotatable bonds is 3. The molecule has 1 heterocycles. The summed E-state index contributed by atoms with van der Waals surface area (Å²) in [6, 6.07) is 5.30. The fraction of sp³-hybridized carbons (Fsp3) is 0.154. The number of benzene rings is 1. The van der Waals surface area contributed by atoms with Crippen LogP contribution in [0.5, 0.6) is 5.75 Å². The first kappa shape index (κ1) is 13.6. The molecule has 0 fully saturated rings. The molecule has 0 aliphatic heterocycles. The van der Waals surface area contributed by atoms with Crippen LogP contribution in [0.25, 0.3) is 0 Å². The van der Waals surface area contributed by atoms with E-state index < -0.39 is 11.9 Å². The van der Waals surface area contributed by atoms with E-state index in [1.165, 1.54) is 19.4 Å². The molecular formula is C13H13ClFN3O. The Labute approximate surface area is 115 Å². The second kappa shape index (κ2) is 5.42. The fourth-order valence-electron chi connectivity index (χ4n) is 1.77. The predicted molar refractivity (Wildman–Crippen MR) is 72.6 cm³/mol. The zero-order valence-electron chi connectivity index (χ0n) is 10.2. The van der Waals surface area contributed by atoms with Crippen molar-refractivity contribution in [2.24, 2.45) is 5.73 Å². The minimum atomic E-state index is -0.739. The summed E-state index contributed by atoms with van der Waals surface area (Å²) in [4.78, 5) is 3.91. The van der Waals surface area contributed by atoms with Crippen LogP contribution in [0.3, 0.4) is 0 Å².